The number of piperidine rings is 1. The second-order valence-electron chi connectivity index (χ2n) is 6.65. The molecule has 1 unspecified atom stereocenters. The van der Waals surface area contributed by atoms with Gasteiger partial charge in [0.2, 0.25) is 0 Å². The van der Waals surface area contributed by atoms with Gasteiger partial charge in [0, 0.05) is 37.8 Å². The number of carbonyl (C=O) groups is 2. The number of likely N-dealkylation sites (tertiary alicyclic amines) is 1. The Morgan fingerprint density at radius 2 is 2.16 bits per heavy atom. The molecule has 1 aromatic carbocycles. The molecular weight excluding hydrogens is 318 g/mol. The molecule has 2 N–H and O–H groups in total. The maximum atomic E-state index is 12.4. The van der Waals surface area contributed by atoms with Crippen LogP contribution >= 0.6 is 0 Å². The molecular formula is C19H29N3O3. The lowest BCUT2D eigenvalue weighted by Crippen LogP contribution is -2.47. The average molecular weight is 347 g/mol. The predicted molar refractivity (Wildman–Crippen MR) is 97.5 cm³/mol. The lowest BCUT2D eigenvalue weighted by molar-refractivity contribution is 0.0164. The van der Waals surface area contributed by atoms with Crippen molar-refractivity contribution in [2.75, 3.05) is 19.7 Å². The van der Waals surface area contributed by atoms with Gasteiger partial charge in [-0.05, 0) is 51.3 Å². The lowest BCUT2D eigenvalue weighted by Gasteiger charge is -2.32. The van der Waals surface area contributed by atoms with Crippen LogP contribution < -0.4 is 10.6 Å². The largest absolute Gasteiger partial charge is 0.377 e. The summed E-state index contributed by atoms with van der Waals surface area (Å²) in [6, 6.07) is 7.35. The van der Waals surface area contributed by atoms with Crippen molar-refractivity contribution >= 4 is 11.9 Å². The second kappa shape index (κ2) is 9.42. The quantitative estimate of drug-likeness (QED) is 0.831. The average Bonchev–Trinajstić information content (AvgIpc) is 2.60. The highest BCUT2D eigenvalue weighted by Gasteiger charge is 2.23. The summed E-state index contributed by atoms with van der Waals surface area (Å²) in [4.78, 5) is 26.2. The third kappa shape index (κ3) is 6.05. The molecule has 3 amide bonds. The van der Waals surface area contributed by atoms with Crippen LogP contribution in [-0.2, 0) is 11.3 Å². The van der Waals surface area contributed by atoms with Crippen molar-refractivity contribution in [1.29, 1.82) is 0 Å². The van der Waals surface area contributed by atoms with E-state index < -0.39 is 0 Å². The highest BCUT2D eigenvalue weighted by Crippen LogP contribution is 2.13. The topological polar surface area (TPSA) is 70.7 Å². The van der Waals surface area contributed by atoms with E-state index in [0.717, 1.165) is 24.9 Å². The van der Waals surface area contributed by atoms with E-state index >= 15 is 0 Å². The molecule has 1 saturated heterocycles. The summed E-state index contributed by atoms with van der Waals surface area (Å²) in [5.41, 5.74) is 1.51. The van der Waals surface area contributed by atoms with Crippen molar-refractivity contribution in [2.24, 2.45) is 0 Å². The van der Waals surface area contributed by atoms with Gasteiger partial charge in [0.15, 0.2) is 0 Å². The van der Waals surface area contributed by atoms with Crippen LogP contribution in [0, 0.1) is 0 Å². The van der Waals surface area contributed by atoms with Gasteiger partial charge in [-0.25, -0.2) is 4.79 Å². The number of hydrogen-bond acceptors (Lipinski definition) is 3. The van der Waals surface area contributed by atoms with Crippen molar-refractivity contribution in [1.82, 2.24) is 15.5 Å². The molecule has 1 aromatic rings. The minimum Gasteiger partial charge on any atom is -0.377 e. The van der Waals surface area contributed by atoms with Crippen LogP contribution in [0.5, 0.6) is 0 Å². The Labute approximate surface area is 149 Å². The summed E-state index contributed by atoms with van der Waals surface area (Å²) in [5, 5.41) is 5.81. The summed E-state index contributed by atoms with van der Waals surface area (Å²) < 4.78 is 5.63. The van der Waals surface area contributed by atoms with Crippen LogP contribution in [-0.4, -0.2) is 48.7 Å². The SMILES string of the molecule is CCOC1CCCN(C(=O)NCc2cccc(C(=O)NC(C)C)c2)C1. The van der Waals surface area contributed by atoms with Crippen LogP contribution in [0.15, 0.2) is 24.3 Å². The van der Waals surface area contributed by atoms with Gasteiger partial charge in [-0.2, -0.15) is 0 Å². The minimum atomic E-state index is -0.0984. The molecule has 0 spiro atoms. The zero-order valence-corrected chi connectivity index (χ0v) is 15.4. The third-order valence-corrected chi connectivity index (χ3v) is 4.12. The van der Waals surface area contributed by atoms with Gasteiger partial charge in [0.25, 0.3) is 5.91 Å². The highest BCUT2D eigenvalue weighted by molar-refractivity contribution is 5.94. The Bertz CT molecular complexity index is 587. The van der Waals surface area contributed by atoms with E-state index in [4.69, 9.17) is 4.74 Å². The van der Waals surface area contributed by atoms with Gasteiger partial charge >= 0.3 is 6.03 Å². The normalized spacial score (nSPS) is 17.4. The first-order chi connectivity index (χ1) is 12.0. The van der Waals surface area contributed by atoms with Gasteiger partial charge in [-0.15, -0.1) is 0 Å². The Kier molecular flexibility index (Phi) is 7.25. The van der Waals surface area contributed by atoms with E-state index in [1.807, 2.05) is 39.0 Å². The first kappa shape index (κ1) is 19.2. The zero-order valence-electron chi connectivity index (χ0n) is 15.4. The fourth-order valence-electron chi connectivity index (χ4n) is 2.95. The minimum absolute atomic E-state index is 0.0820. The van der Waals surface area contributed by atoms with E-state index in [1.165, 1.54) is 0 Å². The lowest BCUT2D eigenvalue weighted by atomic mass is 10.1. The first-order valence-electron chi connectivity index (χ1n) is 9.03. The van der Waals surface area contributed by atoms with Gasteiger partial charge < -0.3 is 20.3 Å². The number of nitrogens with one attached hydrogen (secondary N) is 2. The summed E-state index contributed by atoms with van der Waals surface area (Å²) in [7, 11) is 0. The molecule has 1 atom stereocenters. The molecule has 25 heavy (non-hydrogen) atoms. The molecule has 1 fully saturated rings. The number of benzene rings is 1. The molecule has 0 bridgehead atoms. The molecule has 0 aromatic heterocycles. The predicted octanol–water partition coefficient (Wildman–Crippen LogP) is 2.54. The van der Waals surface area contributed by atoms with Crippen LogP contribution in [0.4, 0.5) is 4.79 Å². The fourth-order valence-corrected chi connectivity index (χ4v) is 2.95. The molecule has 0 radical (unpaired) electrons. The Morgan fingerprint density at radius 3 is 2.88 bits per heavy atom. The van der Waals surface area contributed by atoms with E-state index in [-0.39, 0.29) is 24.1 Å². The van der Waals surface area contributed by atoms with Gasteiger partial charge in [-0.3, -0.25) is 4.79 Å². The first-order valence-corrected chi connectivity index (χ1v) is 9.03. The highest BCUT2D eigenvalue weighted by atomic mass is 16.5. The Balaban J connectivity index is 1.88. The molecule has 6 nitrogen and oxygen atoms in total. The van der Waals surface area contributed by atoms with E-state index in [2.05, 4.69) is 10.6 Å². The van der Waals surface area contributed by atoms with E-state index in [1.54, 1.807) is 11.0 Å². The molecule has 1 aliphatic heterocycles. The summed E-state index contributed by atoms with van der Waals surface area (Å²) >= 11 is 0. The molecule has 0 aliphatic carbocycles. The Hall–Kier alpha value is -2.08. The molecule has 138 valence electrons. The number of carbonyl (C=O) groups excluding carboxylic acids is 2. The van der Waals surface area contributed by atoms with Crippen LogP contribution in [0.3, 0.4) is 0 Å². The number of amides is 3. The van der Waals surface area contributed by atoms with E-state index in [9.17, 15) is 9.59 Å². The number of nitrogens with zero attached hydrogens (tertiary/aromatic N) is 1. The monoisotopic (exact) mass is 347 g/mol. The summed E-state index contributed by atoms with van der Waals surface area (Å²) in [6.45, 7) is 8.29. The van der Waals surface area contributed by atoms with E-state index in [0.29, 0.717) is 25.3 Å². The number of urea groups is 1. The Morgan fingerprint density at radius 1 is 1.36 bits per heavy atom. The van der Waals surface area contributed by atoms with Gasteiger partial charge in [0.1, 0.15) is 0 Å². The molecule has 1 heterocycles. The van der Waals surface area contributed by atoms with Crippen molar-refractivity contribution in [3.63, 3.8) is 0 Å². The smallest absolute Gasteiger partial charge is 0.317 e. The van der Waals surface area contributed by atoms with Crippen molar-refractivity contribution in [3.05, 3.63) is 35.4 Å². The number of rotatable bonds is 6. The zero-order chi connectivity index (χ0) is 18.2. The second-order valence-corrected chi connectivity index (χ2v) is 6.65. The summed E-state index contributed by atoms with van der Waals surface area (Å²) in [5.74, 6) is -0.0984. The maximum Gasteiger partial charge on any atom is 0.317 e. The van der Waals surface area contributed by atoms with Crippen molar-refractivity contribution in [3.8, 4) is 0 Å². The van der Waals surface area contributed by atoms with Gasteiger partial charge in [-0.1, -0.05) is 12.1 Å². The fraction of sp³-hybridized carbons (Fsp3) is 0.579. The molecule has 2 rings (SSSR count). The van der Waals surface area contributed by atoms with Crippen LogP contribution in [0.2, 0.25) is 0 Å². The maximum absolute atomic E-state index is 12.4. The number of ether oxygens (including phenoxy) is 1. The standard InChI is InChI=1S/C19H29N3O3/c1-4-25-17-9-6-10-22(13-17)19(24)20-12-15-7-5-8-16(11-15)18(23)21-14(2)3/h5,7-8,11,14,17H,4,6,9-10,12-13H2,1-3H3,(H,20,24)(H,21,23). The molecule has 0 saturated carbocycles. The van der Waals surface area contributed by atoms with Gasteiger partial charge in [0.05, 0.1) is 6.10 Å². The summed E-state index contributed by atoms with van der Waals surface area (Å²) in [6.07, 6.45) is 2.10. The van der Waals surface area contributed by atoms with Crippen molar-refractivity contribution < 1.29 is 14.3 Å². The van der Waals surface area contributed by atoms with Crippen LogP contribution in [0.1, 0.15) is 49.5 Å². The third-order valence-electron chi connectivity index (χ3n) is 4.12. The molecule has 6 heteroatoms. The van der Waals surface area contributed by atoms with Crippen LogP contribution in [0.25, 0.3) is 0 Å². The molecule has 1 aliphatic rings. The van der Waals surface area contributed by atoms with Crippen molar-refractivity contribution in [2.45, 2.75) is 52.3 Å². The number of hydrogen-bond donors (Lipinski definition) is 2.